The Morgan fingerprint density at radius 3 is 2.76 bits per heavy atom. The van der Waals surface area contributed by atoms with E-state index in [9.17, 15) is 14.7 Å². The number of benzene rings is 1. The molecule has 1 N–H and O–H groups in total. The molecular weight excluding hydrogens is 266 g/mol. The zero-order chi connectivity index (χ0) is 15.6. The lowest BCUT2D eigenvalue weighted by Crippen LogP contribution is -2.38. The van der Waals surface area contributed by atoms with E-state index < -0.39 is 11.6 Å². The quantitative estimate of drug-likeness (QED) is 0.817. The van der Waals surface area contributed by atoms with Gasteiger partial charge in [-0.2, -0.15) is 0 Å². The van der Waals surface area contributed by atoms with Gasteiger partial charge in [0.1, 0.15) is 6.29 Å². The fourth-order valence-corrected chi connectivity index (χ4v) is 2.53. The Kier molecular flexibility index (Phi) is 4.28. The van der Waals surface area contributed by atoms with E-state index in [0.717, 1.165) is 17.4 Å². The molecular formula is C17H21NO3. The average molecular weight is 287 g/mol. The maximum Gasteiger partial charge on any atom is 0.255 e. The van der Waals surface area contributed by atoms with Gasteiger partial charge < -0.3 is 14.8 Å². The number of aldehydes is 1. The number of nitrogens with zero attached hydrogens (tertiary/aromatic N) is 1. The Bertz CT molecular complexity index is 572. The summed E-state index contributed by atoms with van der Waals surface area (Å²) in [6.45, 7) is 7.55. The van der Waals surface area contributed by atoms with Crippen LogP contribution in [0.3, 0.4) is 0 Å². The number of fused-ring (bicyclic) bond motifs is 1. The second kappa shape index (κ2) is 5.82. The van der Waals surface area contributed by atoms with Gasteiger partial charge in [0.25, 0.3) is 5.91 Å². The SMILES string of the molecule is C=Cc1ccc2c(c1)C(=O)N(C(C=O)CCC(C)(C)O)C2. The van der Waals surface area contributed by atoms with Crippen LogP contribution in [0.5, 0.6) is 0 Å². The number of hydrogen-bond acceptors (Lipinski definition) is 3. The summed E-state index contributed by atoms with van der Waals surface area (Å²) in [6, 6.07) is 5.13. The first kappa shape index (κ1) is 15.4. The van der Waals surface area contributed by atoms with Gasteiger partial charge in [-0.05, 0) is 43.9 Å². The number of amides is 1. The van der Waals surface area contributed by atoms with E-state index in [1.54, 1.807) is 24.8 Å². The highest BCUT2D eigenvalue weighted by atomic mass is 16.3. The molecule has 1 amide bonds. The fourth-order valence-electron chi connectivity index (χ4n) is 2.53. The Morgan fingerprint density at radius 2 is 2.19 bits per heavy atom. The summed E-state index contributed by atoms with van der Waals surface area (Å²) in [5.74, 6) is -0.124. The van der Waals surface area contributed by atoms with Crippen molar-refractivity contribution < 1.29 is 14.7 Å². The molecule has 0 fully saturated rings. The molecule has 0 saturated heterocycles. The Labute approximate surface area is 125 Å². The van der Waals surface area contributed by atoms with Crippen LogP contribution in [0.4, 0.5) is 0 Å². The van der Waals surface area contributed by atoms with Gasteiger partial charge in [0.05, 0.1) is 11.6 Å². The highest BCUT2D eigenvalue weighted by Gasteiger charge is 2.33. The van der Waals surface area contributed by atoms with Crippen molar-refractivity contribution in [3.05, 3.63) is 41.5 Å². The minimum Gasteiger partial charge on any atom is -0.390 e. The summed E-state index contributed by atoms with van der Waals surface area (Å²) < 4.78 is 0. The van der Waals surface area contributed by atoms with E-state index in [2.05, 4.69) is 6.58 Å². The third-order valence-electron chi connectivity index (χ3n) is 3.81. The molecule has 112 valence electrons. The average Bonchev–Trinajstić information content (AvgIpc) is 2.75. The molecule has 2 rings (SSSR count). The minimum atomic E-state index is -0.840. The van der Waals surface area contributed by atoms with Crippen LogP contribution < -0.4 is 0 Å². The number of hydrogen-bond donors (Lipinski definition) is 1. The lowest BCUT2D eigenvalue weighted by Gasteiger charge is -2.26. The van der Waals surface area contributed by atoms with Crippen LogP contribution in [0, 0.1) is 0 Å². The molecule has 1 aliphatic heterocycles. The third kappa shape index (κ3) is 3.39. The van der Waals surface area contributed by atoms with Crippen molar-refractivity contribution in [3.63, 3.8) is 0 Å². The van der Waals surface area contributed by atoms with Crippen LogP contribution in [-0.4, -0.2) is 33.8 Å². The second-order valence-electron chi connectivity index (χ2n) is 6.11. The lowest BCUT2D eigenvalue weighted by atomic mass is 9.99. The third-order valence-corrected chi connectivity index (χ3v) is 3.81. The van der Waals surface area contributed by atoms with Crippen LogP contribution >= 0.6 is 0 Å². The zero-order valence-corrected chi connectivity index (χ0v) is 12.5. The standard InChI is InChI=1S/C17H21NO3/c1-4-12-5-6-13-10-18(16(20)15(13)9-12)14(11-19)7-8-17(2,3)21/h4-6,9,11,14,21H,1,7-8,10H2,2-3H3. The van der Waals surface area contributed by atoms with Gasteiger partial charge in [0.2, 0.25) is 0 Å². The van der Waals surface area contributed by atoms with Crippen molar-refractivity contribution >= 4 is 18.3 Å². The van der Waals surface area contributed by atoms with E-state index in [1.165, 1.54) is 0 Å². The molecule has 4 heteroatoms. The van der Waals surface area contributed by atoms with Gasteiger partial charge in [-0.15, -0.1) is 0 Å². The number of aliphatic hydroxyl groups is 1. The van der Waals surface area contributed by atoms with E-state index in [1.807, 2.05) is 18.2 Å². The van der Waals surface area contributed by atoms with Crippen molar-refractivity contribution in [2.24, 2.45) is 0 Å². The zero-order valence-electron chi connectivity index (χ0n) is 12.5. The van der Waals surface area contributed by atoms with Crippen LogP contribution in [0.25, 0.3) is 6.08 Å². The van der Waals surface area contributed by atoms with E-state index >= 15 is 0 Å². The number of carbonyl (C=O) groups excluding carboxylic acids is 2. The highest BCUT2D eigenvalue weighted by Crippen LogP contribution is 2.27. The predicted octanol–water partition coefficient (Wildman–Crippen LogP) is 2.40. The van der Waals surface area contributed by atoms with Gasteiger partial charge in [-0.3, -0.25) is 4.79 Å². The van der Waals surface area contributed by atoms with Gasteiger partial charge in [0.15, 0.2) is 0 Å². The van der Waals surface area contributed by atoms with Gasteiger partial charge >= 0.3 is 0 Å². The molecule has 1 aliphatic rings. The Morgan fingerprint density at radius 1 is 1.48 bits per heavy atom. The lowest BCUT2D eigenvalue weighted by molar-refractivity contribution is -0.112. The second-order valence-corrected chi connectivity index (χ2v) is 6.11. The number of rotatable bonds is 6. The molecule has 0 aromatic heterocycles. The smallest absolute Gasteiger partial charge is 0.255 e. The van der Waals surface area contributed by atoms with Crippen molar-refractivity contribution in [1.82, 2.24) is 4.90 Å². The number of carbonyl (C=O) groups is 2. The summed E-state index contributed by atoms with van der Waals surface area (Å²) in [5.41, 5.74) is 1.62. The maximum absolute atomic E-state index is 12.5. The van der Waals surface area contributed by atoms with Crippen LogP contribution in [0.1, 0.15) is 48.2 Å². The van der Waals surface area contributed by atoms with E-state index in [4.69, 9.17) is 0 Å². The van der Waals surface area contributed by atoms with Crippen molar-refractivity contribution in [2.75, 3.05) is 0 Å². The minimum absolute atomic E-state index is 0.124. The first-order valence-electron chi connectivity index (χ1n) is 7.10. The van der Waals surface area contributed by atoms with Gasteiger partial charge in [-0.1, -0.05) is 24.8 Å². The van der Waals surface area contributed by atoms with Crippen molar-refractivity contribution in [1.29, 1.82) is 0 Å². The summed E-state index contributed by atoms with van der Waals surface area (Å²) in [5, 5.41) is 9.78. The summed E-state index contributed by atoms with van der Waals surface area (Å²) in [6.07, 6.45) is 3.42. The van der Waals surface area contributed by atoms with E-state index in [-0.39, 0.29) is 5.91 Å². The van der Waals surface area contributed by atoms with Crippen LogP contribution in [0.15, 0.2) is 24.8 Å². The van der Waals surface area contributed by atoms with Crippen molar-refractivity contribution in [2.45, 2.75) is 44.9 Å². The first-order valence-corrected chi connectivity index (χ1v) is 7.10. The molecule has 1 atom stereocenters. The summed E-state index contributed by atoms with van der Waals surface area (Å²) in [7, 11) is 0. The Hall–Kier alpha value is -1.94. The molecule has 1 aromatic carbocycles. The topological polar surface area (TPSA) is 57.6 Å². The Balaban J connectivity index is 2.17. The molecule has 0 aliphatic carbocycles. The molecule has 0 saturated carbocycles. The van der Waals surface area contributed by atoms with E-state index in [0.29, 0.717) is 24.9 Å². The highest BCUT2D eigenvalue weighted by molar-refractivity contribution is 6.00. The van der Waals surface area contributed by atoms with Crippen LogP contribution in [-0.2, 0) is 11.3 Å². The molecule has 1 aromatic rings. The van der Waals surface area contributed by atoms with Crippen LogP contribution in [0.2, 0.25) is 0 Å². The fraction of sp³-hybridized carbons (Fsp3) is 0.412. The molecule has 1 heterocycles. The maximum atomic E-state index is 12.5. The largest absolute Gasteiger partial charge is 0.390 e. The molecule has 4 nitrogen and oxygen atoms in total. The summed E-state index contributed by atoms with van der Waals surface area (Å²) in [4.78, 5) is 25.4. The molecule has 1 unspecified atom stereocenters. The van der Waals surface area contributed by atoms with Gasteiger partial charge in [0, 0.05) is 12.1 Å². The molecule has 0 bridgehead atoms. The summed E-state index contributed by atoms with van der Waals surface area (Å²) >= 11 is 0. The molecule has 21 heavy (non-hydrogen) atoms. The predicted molar refractivity (Wildman–Crippen MR) is 81.8 cm³/mol. The normalized spacial score (nSPS) is 15.8. The monoisotopic (exact) mass is 287 g/mol. The van der Waals surface area contributed by atoms with Gasteiger partial charge in [-0.25, -0.2) is 0 Å². The molecule has 0 spiro atoms. The first-order chi connectivity index (χ1) is 9.85. The molecule has 0 radical (unpaired) electrons. The van der Waals surface area contributed by atoms with Crippen molar-refractivity contribution in [3.8, 4) is 0 Å².